The highest BCUT2D eigenvalue weighted by atomic mass is 35.5. The largest absolute Gasteiger partial charge is 0.480 e. The number of carbonyl (C=O) groups is 1. The van der Waals surface area contributed by atoms with Crippen LogP contribution in [-0.4, -0.2) is 66.8 Å². The maximum absolute atomic E-state index is 10.7. The lowest BCUT2D eigenvalue weighted by molar-refractivity contribution is -0.138. The third-order valence-electron chi connectivity index (χ3n) is 3.20. The Morgan fingerprint density at radius 1 is 1.70 bits per heavy atom. The molecule has 1 aliphatic heterocycles. The molecule has 1 N–H and O–H groups in total. The summed E-state index contributed by atoms with van der Waals surface area (Å²) >= 11 is 7.78. The standard InChI is InChI=1S/C13H19ClN2O3S/c1-15(9-13(17)18)6-10-7-16(3-4-19-10)8-12-11(14)2-5-20-12/h2,5,10H,3-4,6-9H2,1H3,(H,17,18). The van der Waals surface area contributed by atoms with Crippen molar-refractivity contribution in [1.82, 2.24) is 9.80 Å². The molecule has 2 heterocycles. The third-order valence-corrected chi connectivity index (χ3v) is 4.57. The van der Waals surface area contributed by atoms with Crippen molar-refractivity contribution >= 4 is 28.9 Å². The van der Waals surface area contributed by atoms with Gasteiger partial charge in [0, 0.05) is 31.1 Å². The number of thiophene rings is 1. The first kappa shape index (κ1) is 15.7. The molecule has 0 aromatic carbocycles. The van der Waals surface area contributed by atoms with Crippen LogP contribution in [0.25, 0.3) is 0 Å². The van der Waals surface area contributed by atoms with Crippen molar-refractivity contribution in [2.24, 2.45) is 0 Å². The van der Waals surface area contributed by atoms with Crippen LogP contribution in [-0.2, 0) is 16.1 Å². The highest BCUT2D eigenvalue weighted by Gasteiger charge is 2.23. The van der Waals surface area contributed by atoms with Gasteiger partial charge < -0.3 is 9.84 Å². The molecule has 1 saturated heterocycles. The first-order valence-corrected chi connectivity index (χ1v) is 7.76. The Morgan fingerprint density at radius 3 is 3.15 bits per heavy atom. The Labute approximate surface area is 127 Å². The number of carboxylic acids is 1. The predicted octanol–water partition coefficient (Wildman–Crippen LogP) is 1.62. The zero-order valence-electron chi connectivity index (χ0n) is 11.4. The fraction of sp³-hybridized carbons (Fsp3) is 0.615. The minimum absolute atomic E-state index is 0.0383. The molecule has 0 saturated carbocycles. The van der Waals surface area contributed by atoms with Gasteiger partial charge in [0.2, 0.25) is 0 Å². The van der Waals surface area contributed by atoms with Crippen molar-refractivity contribution in [3.05, 3.63) is 21.3 Å². The summed E-state index contributed by atoms with van der Waals surface area (Å²) < 4.78 is 5.70. The van der Waals surface area contributed by atoms with Gasteiger partial charge in [-0.25, -0.2) is 0 Å². The molecule has 0 amide bonds. The summed E-state index contributed by atoms with van der Waals surface area (Å²) in [4.78, 5) is 15.9. The molecule has 0 spiro atoms. The highest BCUT2D eigenvalue weighted by molar-refractivity contribution is 7.10. The third kappa shape index (κ3) is 4.71. The van der Waals surface area contributed by atoms with Crippen LogP contribution in [0.5, 0.6) is 0 Å². The fourth-order valence-corrected chi connectivity index (χ4v) is 3.46. The van der Waals surface area contributed by atoms with E-state index in [1.165, 1.54) is 4.88 Å². The minimum Gasteiger partial charge on any atom is -0.480 e. The van der Waals surface area contributed by atoms with Crippen LogP contribution in [0.4, 0.5) is 0 Å². The number of hydrogen-bond acceptors (Lipinski definition) is 5. The van der Waals surface area contributed by atoms with Gasteiger partial charge in [0.05, 0.1) is 24.3 Å². The van der Waals surface area contributed by atoms with Crippen molar-refractivity contribution in [3.63, 3.8) is 0 Å². The number of nitrogens with zero attached hydrogens (tertiary/aromatic N) is 2. The molecule has 1 aliphatic rings. The van der Waals surface area contributed by atoms with E-state index in [0.29, 0.717) is 13.2 Å². The van der Waals surface area contributed by atoms with Crippen molar-refractivity contribution in [2.45, 2.75) is 12.6 Å². The fourth-order valence-electron chi connectivity index (χ4n) is 2.32. The Bertz CT molecular complexity index is 455. The van der Waals surface area contributed by atoms with Crippen LogP contribution in [0.15, 0.2) is 11.4 Å². The molecule has 20 heavy (non-hydrogen) atoms. The Morgan fingerprint density at radius 2 is 2.50 bits per heavy atom. The van der Waals surface area contributed by atoms with Gasteiger partial charge in [-0.05, 0) is 18.5 Å². The van der Waals surface area contributed by atoms with Gasteiger partial charge in [-0.2, -0.15) is 0 Å². The van der Waals surface area contributed by atoms with Gasteiger partial charge in [0.15, 0.2) is 0 Å². The van der Waals surface area contributed by atoms with Gasteiger partial charge in [-0.15, -0.1) is 11.3 Å². The summed E-state index contributed by atoms with van der Waals surface area (Å²) in [5.41, 5.74) is 0. The first-order chi connectivity index (χ1) is 9.54. The van der Waals surface area contributed by atoms with Crippen molar-refractivity contribution in [1.29, 1.82) is 0 Å². The molecule has 1 aromatic heterocycles. The summed E-state index contributed by atoms with van der Waals surface area (Å²) in [5.74, 6) is -0.814. The molecule has 0 bridgehead atoms. The van der Waals surface area contributed by atoms with Gasteiger partial charge in [0.1, 0.15) is 0 Å². The van der Waals surface area contributed by atoms with Crippen LogP contribution in [0.3, 0.4) is 0 Å². The SMILES string of the molecule is CN(CC(=O)O)CC1CN(Cc2sccc2Cl)CCO1. The second-order valence-electron chi connectivity index (χ2n) is 5.01. The molecule has 1 fully saturated rings. The number of aliphatic carboxylic acids is 1. The molecule has 7 heteroatoms. The Balaban J connectivity index is 1.82. The van der Waals surface area contributed by atoms with E-state index < -0.39 is 5.97 Å². The summed E-state index contributed by atoms with van der Waals surface area (Å²) in [7, 11) is 1.80. The molecule has 0 radical (unpaired) electrons. The second kappa shape index (κ2) is 7.38. The summed E-state index contributed by atoms with van der Waals surface area (Å²) in [6, 6.07) is 1.92. The second-order valence-corrected chi connectivity index (χ2v) is 6.42. The van der Waals surface area contributed by atoms with E-state index in [-0.39, 0.29) is 12.6 Å². The number of rotatable bonds is 6. The number of hydrogen-bond donors (Lipinski definition) is 1. The maximum Gasteiger partial charge on any atom is 0.317 e. The average Bonchev–Trinajstić information content (AvgIpc) is 2.74. The Hall–Kier alpha value is -0.660. The van der Waals surface area contributed by atoms with Crippen LogP contribution in [0.2, 0.25) is 5.02 Å². The van der Waals surface area contributed by atoms with Crippen molar-refractivity contribution < 1.29 is 14.6 Å². The van der Waals surface area contributed by atoms with Gasteiger partial charge in [-0.1, -0.05) is 11.6 Å². The minimum atomic E-state index is -0.814. The summed E-state index contributed by atoms with van der Waals surface area (Å²) in [6.07, 6.45) is 0.0480. The van der Waals surface area contributed by atoms with E-state index in [1.54, 1.807) is 23.3 Å². The molecule has 0 aliphatic carbocycles. The number of halogens is 1. The van der Waals surface area contributed by atoms with E-state index >= 15 is 0 Å². The molecule has 112 valence electrons. The van der Waals surface area contributed by atoms with E-state index in [9.17, 15) is 4.79 Å². The normalized spacial score (nSPS) is 20.4. The summed E-state index contributed by atoms with van der Waals surface area (Å²) in [5, 5.41) is 11.6. The zero-order valence-corrected chi connectivity index (χ0v) is 13.0. The Kier molecular flexibility index (Phi) is 5.80. The lowest BCUT2D eigenvalue weighted by atomic mass is 10.2. The van der Waals surface area contributed by atoms with Crippen LogP contribution in [0, 0.1) is 0 Å². The van der Waals surface area contributed by atoms with Gasteiger partial charge >= 0.3 is 5.97 Å². The molecule has 1 aromatic rings. The molecular formula is C13H19ClN2O3S. The van der Waals surface area contributed by atoms with Crippen molar-refractivity contribution in [3.8, 4) is 0 Å². The number of likely N-dealkylation sites (N-methyl/N-ethyl adjacent to an activating group) is 1. The molecule has 1 atom stereocenters. The van der Waals surface area contributed by atoms with E-state index in [2.05, 4.69) is 4.90 Å². The summed E-state index contributed by atoms with van der Waals surface area (Å²) in [6.45, 7) is 3.86. The van der Waals surface area contributed by atoms with Crippen LogP contribution < -0.4 is 0 Å². The lowest BCUT2D eigenvalue weighted by Gasteiger charge is -2.34. The highest BCUT2D eigenvalue weighted by Crippen LogP contribution is 2.24. The number of morpholine rings is 1. The van der Waals surface area contributed by atoms with Gasteiger partial charge in [-0.3, -0.25) is 14.6 Å². The quantitative estimate of drug-likeness (QED) is 0.864. The molecule has 2 rings (SSSR count). The lowest BCUT2D eigenvalue weighted by Crippen LogP contribution is -2.47. The van der Waals surface area contributed by atoms with Crippen LogP contribution in [0.1, 0.15) is 4.88 Å². The molecular weight excluding hydrogens is 300 g/mol. The monoisotopic (exact) mass is 318 g/mol. The molecule has 5 nitrogen and oxygen atoms in total. The first-order valence-electron chi connectivity index (χ1n) is 6.50. The molecule has 1 unspecified atom stereocenters. The maximum atomic E-state index is 10.7. The average molecular weight is 319 g/mol. The van der Waals surface area contributed by atoms with Gasteiger partial charge in [0.25, 0.3) is 0 Å². The van der Waals surface area contributed by atoms with Crippen molar-refractivity contribution in [2.75, 3.05) is 39.8 Å². The zero-order chi connectivity index (χ0) is 14.5. The van der Waals surface area contributed by atoms with Crippen LogP contribution >= 0.6 is 22.9 Å². The number of ether oxygens (including phenoxy) is 1. The van der Waals surface area contributed by atoms with E-state index in [4.69, 9.17) is 21.4 Å². The van der Waals surface area contributed by atoms with E-state index in [0.717, 1.165) is 24.7 Å². The predicted molar refractivity (Wildman–Crippen MR) is 79.5 cm³/mol. The topological polar surface area (TPSA) is 53.0 Å². The smallest absolute Gasteiger partial charge is 0.317 e. The number of carboxylic acid groups (broad SMARTS) is 1. The van der Waals surface area contributed by atoms with E-state index in [1.807, 2.05) is 11.4 Å².